The second kappa shape index (κ2) is 6.06. The summed E-state index contributed by atoms with van der Waals surface area (Å²) in [6.45, 7) is -1.61. The fraction of sp³-hybridized carbons (Fsp3) is 0.938. The molecular formula is C16H22F2O8S. The van der Waals surface area contributed by atoms with Gasteiger partial charge in [0.05, 0.1) is 18.6 Å². The molecule has 0 amide bonds. The molecule has 4 aliphatic carbocycles. The molecule has 4 saturated carbocycles. The normalized spacial score (nSPS) is 43.4. The number of esters is 1. The molecule has 1 spiro atoms. The predicted octanol–water partition coefficient (Wildman–Crippen LogP) is 0.941. The second-order valence-corrected chi connectivity index (χ2v) is 9.81. The molecule has 1 heterocycles. The number of carbonyl (C=O) groups excluding carboxylic acids is 1. The van der Waals surface area contributed by atoms with Gasteiger partial charge in [0.1, 0.15) is 6.10 Å². The van der Waals surface area contributed by atoms with E-state index in [1.165, 1.54) is 0 Å². The molecule has 0 aromatic heterocycles. The third-order valence-electron chi connectivity index (χ3n) is 6.56. The van der Waals surface area contributed by atoms with E-state index in [-0.39, 0.29) is 31.0 Å². The van der Waals surface area contributed by atoms with Crippen molar-refractivity contribution in [1.82, 2.24) is 0 Å². The van der Waals surface area contributed by atoms with Gasteiger partial charge in [0.25, 0.3) is 0 Å². The SMILES string of the molecule is O=C(OCC(F)(F)S(=O)(=O)O)C12CC3CC(C1)C1(OCC(CO)O1)C(C3)C2. The summed E-state index contributed by atoms with van der Waals surface area (Å²) in [5.74, 6) is -1.74. The van der Waals surface area contributed by atoms with E-state index in [0.717, 1.165) is 12.8 Å². The van der Waals surface area contributed by atoms with Crippen LogP contribution in [0.3, 0.4) is 0 Å². The number of hydrogen-bond acceptors (Lipinski definition) is 7. The Balaban J connectivity index is 1.50. The molecular weight excluding hydrogens is 390 g/mol. The maximum Gasteiger partial charge on any atom is 0.402 e. The zero-order valence-electron chi connectivity index (χ0n) is 14.5. The van der Waals surface area contributed by atoms with E-state index in [4.69, 9.17) is 14.0 Å². The van der Waals surface area contributed by atoms with E-state index in [9.17, 15) is 27.1 Å². The van der Waals surface area contributed by atoms with Crippen LogP contribution in [0.2, 0.25) is 0 Å². The smallest absolute Gasteiger partial charge is 0.402 e. The number of rotatable bonds is 5. The maximum atomic E-state index is 13.4. The Kier molecular flexibility index (Phi) is 4.36. The molecule has 0 radical (unpaired) electrons. The van der Waals surface area contributed by atoms with Gasteiger partial charge < -0.3 is 19.3 Å². The molecule has 5 fully saturated rings. The third kappa shape index (κ3) is 2.89. The van der Waals surface area contributed by atoms with Crippen molar-refractivity contribution in [3.63, 3.8) is 0 Å². The molecule has 3 unspecified atom stereocenters. The molecule has 1 aliphatic heterocycles. The summed E-state index contributed by atoms with van der Waals surface area (Å²) in [5, 5.41) is 4.79. The molecule has 5 rings (SSSR count). The van der Waals surface area contributed by atoms with E-state index in [0.29, 0.717) is 19.3 Å². The minimum absolute atomic E-state index is 0.116. The molecule has 1 saturated heterocycles. The van der Waals surface area contributed by atoms with E-state index < -0.39 is 45.3 Å². The fourth-order valence-corrected chi connectivity index (χ4v) is 5.83. The van der Waals surface area contributed by atoms with Crippen LogP contribution in [-0.4, -0.2) is 61.0 Å². The number of halogens is 2. The number of hydrogen-bond donors (Lipinski definition) is 2. The first-order valence-corrected chi connectivity index (χ1v) is 10.4. The zero-order chi connectivity index (χ0) is 19.7. The lowest BCUT2D eigenvalue weighted by atomic mass is 9.47. The van der Waals surface area contributed by atoms with Crippen LogP contribution in [0.4, 0.5) is 8.78 Å². The number of ether oxygens (including phenoxy) is 3. The predicted molar refractivity (Wildman–Crippen MR) is 84.1 cm³/mol. The van der Waals surface area contributed by atoms with Crippen LogP contribution in [0.25, 0.3) is 0 Å². The van der Waals surface area contributed by atoms with E-state index in [1.54, 1.807) is 0 Å². The standard InChI is InChI=1S/C16H22F2O8S/c17-15(18,27(21,22)23)8-24-13(20)14-3-9-1-10(4-14)16(11(2-9)5-14)25-7-12(6-19)26-16/h9-12,19H,1-8H2,(H,21,22,23). The molecule has 154 valence electrons. The molecule has 0 aromatic rings. The first kappa shape index (κ1) is 19.4. The topological polar surface area (TPSA) is 119 Å². The molecule has 0 aromatic carbocycles. The van der Waals surface area contributed by atoms with E-state index in [1.807, 2.05) is 0 Å². The monoisotopic (exact) mass is 412 g/mol. The van der Waals surface area contributed by atoms with Gasteiger partial charge in [-0.3, -0.25) is 9.35 Å². The van der Waals surface area contributed by atoms with Gasteiger partial charge in [0.2, 0.25) is 0 Å². The first-order valence-electron chi connectivity index (χ1n) is 8.96. The van der Waals surface area contributed by atoms with Crippen molar-refractivity contribution in [2.75, 3.05) is 19.8 Å². The van der Waals surface area contributed by atoms with Crippen molar-refractivity contribution in [2.24, 2.45) is 23.2 Å². The maximum absolute atomic E-state index is 13.4. The number of aliphatic hydroxyl groups is 1. The highest BCUT2D eigenvalue weighted by atomic mass is 32.2. The number of alkyl halides is 2. The highest BCUT2D eigenvalue weighted by molar-refractivity contribution is 7.86. The summed E-state index contributed by atoms with van der Waals surface area (Å²) < 4.78 is 73.4. The van der Waals surface area contributed by atoms with Gasteiger partial charge in [-0.05, 0) is 38.0 Å². The van der Waals surface area contributed by atoms with Crippen LogP contribution in [0.5, 0.6) is 0 Å². The summed E-state index contributed by atoms with van der Waals surface area (Å²) in [5.41, 5.74) is -0.971. The Morgan fingerprint density at radius 2 is 1.85 bits per heavy atom. The molecule has 8 nitrogen and oxygen atoms in total. The molecule has 3 atom stereocenters. The van der Waals surface area contributed by atoms with Crippen LogP contribution >= 0.6 is 0 Å². The van der Waals surface area contributed by atoms with Crippen LogP contribution in [0, 0.1) is 23.2 Å². The van der Waals surface area contributed by atoms with Gasteiger partial charge in [-0.1, -0.05) is 0 Å². The van der Waals surface area contributed by atoms with Gasteiger partial charge in [-0.25, -0.2) is 0 Å². The van der Waals surface area contributed by atoms with Crippen molar-refractivity contribution >= 4 is 16.1 Å². The van der Waals surface area contributed by atoms with Crippen molar-refractivity contribution < 1.29 is 45.9 Å². The highest BCUT2D eigenvalue weighted by Crippen LogP contribution is 2.66. The Labute approximate surface area is 154 Å². The van der Waals surface area contributed by atoms with Crippen LogP contribution < -0.4 is 0 Å². The van der Waals surface area contributed by atoms with Gasteiger partial charge in [-0.15, -0.1) is 0 Å². The average Bonchev–Trinajstić information content (AvgIpc) is 3.01. The number of aliphatic hydroxyl groups excluding tert-OH is 1. The fourth-order valence-electron chi connectivity index (χ4n) is 5.62. The Bertz CT molecular complexity index is 723. The Morgan fingerprint density at radius 3 is 2.37 bits per heavy atom. The summed E-state index contributed by atoms with van der Waals surface area (Å²) in [4.78, 5) is 12.6. The molecule has 4 bridgehead atoms. The molecule has 27 heavy (non-hydrogen) atoms. The lowest BCUT2D eigenvalue weighted by Gasteiger charge is -2.61. The summed E-state index contributed by atoms with van der Waals surface area (Å²) in [6, 6.07) is 0. The van der Waals surface area contributed by atoms with Crippen molar-refractivity contribution in [3.05, 3.63) is 0 Å². The largest absolute Gasteiger partial charge is 0.458 e. The highest BCUT2D eigenvalue weighted by Gasteiger charge is 2.68. The minimum atomic E-state index is -5.66. The van der Waals surface area contributed by atoms with Crippen molar-refractivity contribution in [1.29, 1.82) is 0 Å². The summed E-state index contributed by atoms with van der Waals surface area (Å²) >= 11 is 0. The van der Waals surface area contributed by atoms with Crippen LogP contribution in [0.1, 0.15) is 32.1 Å². The molecule has 2 N–H and O–H groups in total. The van der Waals surface area contributed by atoms with Crippen molar-refractivity contribution in [2.45, 2.75) is 49.2 Å². The third-order valence-corrected chi connectivity index (χ3v) is 7.43. The lowest BCUT2D eigenvalue weighted by Crippen LogP contribution is -2.63. The summed E-state index contributed by atoms with van der Waals surface area (Å²) in [7, 11) is -5.66. The van der Waals surface area contributed by atoms with Crippen LogP contribution in [0.15, 0.2) is 0 Å². The van der Waals surface area contributed by atoms with E-state index >= 15 is 0 Å². The first-order chi connectivity index (χ1) is 12.5. The van der Waals surface area contributed by atoms with Crippen LogP contribution in [-0.2, 0) is 29.1 Å². The lowest BCUT2D eigenvalue weighted by molar-refractivity contribution is -0.308. The second-order valence-electron chi connectivity index (χ2n) is 8.27. The quantitative estimate of drug-likeness (QED) is 0.506. The van der Waals surface area contributed by atoms with Crippen molar-refractivity contribution in [3.8, 4) is 0 Å². The van der Waals surface area contributed by atoms with Gasteiger partial charge in [0.15, 0.2) is 12.4 Å². The molecule has 5 aliphatic rings. The minimum Gasteiger partial charge on any atom is -0.458 e. The Morgan fingerprint density at radius 1 is 1.22 bits per heavy atom. The number of carbonyl (C=O) groups is 1. The summed E-state index contributed by atoms with van der Waals surface area (Å²) in [6.07, 6.45) is 2.33. The Hall–Kier alpha value is -0.880. The van der Waals surface area contributed by atoms with E-state index in [2.05, 4.69) is 4.74 Å². The zero-order valence-corrected chi connectivity index (χ0v) is 15.3. The molecule has 11 heteroatoms. The van der Waals surface area contributed by atoms with Gasteiger partial charge in [0, 0.05) is 11.8 Å². The average molecular weight is 412 g/mol. The van der Waals surface area contributed by atoms with Gasteiger partial charge >= 0.3 is 21.3 Å². The van der Waals surface area contributed by atoms with Gasteiger partial charge in [-0.2, -0.15) is 17.2 Å².